The second-order valence-electron chi connectivity index (χ2n) is 10.0. The Hall–Kier alpha value is -4.91. The number of alkyl halides is 2. The highest BCUT2D eigenvalue weighted by molar-refractivity contribution is 7.98. The Morgan fingerprint density at radius 2 is 1.70 bits per heavy atom. The lowest BCUT2D eigenvalue weighted by Gasteiger charge is -2.14. The summed E-state index contributed by atoms with van der Waals surface area (Å²) in [4.78, 5) is 12.1. The van der Waals surface area contributed by atoms with Crippen molar-refractivity contribution in [1.29, 1.82) is 5.26 Å². The number of aryl methyl sites for hydroxylation is 1. The van der Waals surface area contributed by atoms with Crippen molar-refractivity contribution in [3.8, 4) is 39.6 Å². The molecule has 0 unspecified atom stereocenters. The number of carboxylic acid groups (broad SMARTS) is 1. The Balaban J connectivity index is 1.63. The lowest BCUT2D eigenvalue weighted by Crippen LogP contribution is -1.96. The molecule has 10 heteroatoms. The van der Waals surface area contributed by atoms with Crippen LogP contribution in [0.4, 0.5) is 13.2 Å². The minimum Gasteiger partial charge on any atom is -0.478 e. The van der Waals surface area contributed by atoms with E-state index in [1.54, 1.807) is 48.1 Å². The van der Waals surface area contributed by atoms with Gasteiger partial charge in [-0.2, -0.15) is 5.26 Å². The predicted octanol–water partition coefficient (Wildman–Crippen LogP) is 9.84. The van der Waals surface area contributed by atoms with E-state index in [-0.39, 0.29) is 16.1 Å². The monoisotopic (exact) mass is 627 g/mol. The highest BCUT2D eigenvalue weighted by atomic mass is 35.5. The maximum atomic E-state index is 14.8. The second kappa shape index (κ2) is 11.6. The Kier molecular flexibility index (Phi) is 7.72. The fraction of sp³-hybridized carbons (Fsp3) is 0.0588. The number of benzene rings is 4. The fourth-order valence-corrected chi connectivity index (χ4v) is 6.53. The summed E-state index contributed by atoms with van der Waals surface area (Å²) >= 11 is 7.80. The maximum absolute atomic E-state index is 14.8. The third-order valence-corrected chi connectivity index (χ3v) is 8.68. The first-order chi connectivity index (χ1) is 21.2. The summed E-state index contributed by atoms with van der Waals surface area (Å²) in [6.07, 6.45) is -0.843. The number of rotatable bonds is 7. The summed E-state index contributed by atoms with van der Waals surface area (Å²) < 4.78 is 45.0. The average molecular weight is 628 g/mol. The molecule has 6 rings (SSSR count). The van der Waals surface area contributed by atoms with Gasteiger partial charge in [0, 0.05) is 56.4 Å². The van der Waals surface area contributed by atoms with Crippen LogP contribution in [-0.2, 0) is 7.05 Å². The van der Waals surface area contributed by atoms with Gasteiger partial charge in [-0.3, -0.25) is 3.97 Å². The van der Waals surface area contributed by atoms with Crippen molar-refractivity contribution >= 4 is 40.4 Å². The summed E-state index contributed by atoms with van der Waals surface area (Å²) in [5, 5.41) is 20.3. The molecule has 0 bridgehead atoms. The molecule has 0 spiro atoms. The summed E-state index contributed by atoms with van der Waals surface area (Å²) in [5.74, 6) is -1.55. The molecule has 0 radical (unpaired) electrons. The summed E-state index contributed by atoms with van der Waals surface area (Å²) in [6.45, 7) is 0. The molecule has 0 atom stereocenters. The zero-order valence-corrected chi connectivity index (χ0v) is 24.5. The molecule has 0 amide bonds. The molecule has 6 aromatic rings. The van der Waals surface area contributed by atoms with E-state index < -0.39 is 18.2 Å². The van der Waals surface area contributed by atoms with Crippen LogP contribution in [0.1, 0.15) is 28.0 Å². The molecular formula is C34H21ClF3N3O2S. The van der Waals surface area contributed by atoms with Crippen molar-refractivity contribution < 1.29 is 23.1 Å². The van der Waals surface area contributed by atoms with Crippen LogP contribution >= 0.6 is 23.5 Å². The number of fused-ring (bicyclic) bond motifs is 1. The molecule has 1 N–H and O–H groups in total. The Bertz CT molecular complexity index is 2110. The quantitative estimate of drug-likeness (QED) is 0.191. The first-order valence-corrected chi connectivity index (χ1v) is 14.4. The molecule has 0 saturated heterocycles. The molecule has 0 aliphatic carbocycles. The molecular weight excluding hydrogens is 607 g/mol. The highest BCUT2D eigenvalue weighted by Gasteiger charge is 2.25. The largest absolute Gasteiger partial charge is 0.478 e. The number of carboxylic acids is 1. The SMILES string of the molecule is Cn1ccc(-c2c(-c3cccc(-c4ccc(C(=O)O)cc4Cl)c3)n(Sc3ccc(C(F)F)cc3)c3ccc(F)cc23)c1C#N. The summed E-state index contributed by atoms with van der Waals surface area (Å²) in [6, 6.07) is 26.4. The number of nitriles is 1. The normalized spacial score (nSPS) is 11.3. The maximum Gasteiger partial charge on any atom is 0.335 e. The van der Waals surface area contributed by atoms with Gasteiger partial charge >= 0.3 is 5.97 Å². The first kappa shape index (κ1) is 29.2. The number of nitrogens with zero attached hydrogens (tertiary/aromatic N) is 3. The van der Waals surface area contributed by atoms with Crippen molar-refractivity contribution in [3.05, 3.63) is 125 Å². The van der Waals surface area contributed by atoms with Gasteiger partial charge in [-0.05, 0) is 72.1 Å². The van der Waals surface area contributed by atoms with Crippen LogP contribution in [0, 0.1) is 17.1 Å². The van der Waals surface area contributed by atoms with Crippen LogP contribution in [0.15, 0.2) is 102 Å². The van der Waals surface area contributed by atoms with Gasteiger partial charge in [-0.15, -0.1) is 0 Å². The van der Waals surface area contributed by atoms with Crippen molar-refractivity contribution in [3.63, 3.8) is 0 Å². The van der Waals surface area contributed by atoms with E-state index in [4.69, 9.17) is 11.6 Å². The molecule has 0 aliphatic rings. The highest BCUT2D eigenvalue weighted by Crippen LogP contribution is 2.46. The van der Waals surface area contributed by atoms with Gasteiger partial charge in [0.2, 0.25) is 0 Å². The molecule has 0 fully saturated rings. The van der Waals surface area contributed by atoms with E-state index in [9.17, 15) is 28.3 Å². The van der Waals surface area contributed by atoms with E-state index in [1.807, 2.05) is 28.2 Å². The molecule has 2 aromatic heterocycles. The zero-order valence-electron chi connectivity index (χ0n) is 22.9. The van der Waals surface area contributed by atoms with Gasteiger partial charge in [0.05, 0.1) is 16.8 Å². The van der Waals surface area contributed by atoms with Gasteiger partial charge in [-0.1, -0.05) is 48.0 Å². The van der Waals surface area contributed by atoms with Crippen LogP contribution < -0.4 is 0 Å². The number of carbonyl (C=O) groups is 1. The van der Waals surface area contributed by atoms with Crippen LogP contribution in [0.2, 0.25) is 5.02 Å². The molecule has 0 aliphatic heterocycles. The lowest BCUT2D eigenvalue weighted by molar-refractivity contribution is 0.0697. The van der Waals surface area contributed by atoms with Gasteiger partial charge in [-0.25, -0.2) is 18.0 Å². The van der Waals surface area contributed by atoms with E-state index >= 15 is 0 Å². The molecule has 0 saturated carbocycles. The lowest BCUT2D eigenvalue weighted by atomic mass is 9.96. The minimum atomic E-state index is -2.60. The first-order valence-electron chi connectivity index (χ1n) is 13.3. The topological polar surface area (TPSA) is 71.0 Å². The van der Waals surface area contributed by atoms with E-state index in [0.717, 1.165) is 0 Å². The molecule has 218 valence electrons. The van der Waals surface area contributed by atoms with Crippen LogP contribution in [0.3, 0.4) is 0 Å². The average Bonchev–Trinajstić information content (AvgIpc) is 3.53. The van der Waals surface area contributed by atoms with Crippen molar-refractivity contribution in [1.82, 2.24) is 8.54 Å². The van der Waals surface area contributed by atoms with Crippen molar-refractivity contribution in [2.45, 2.75) is 11.3 Å². The molecule has 5 nitrogen and oxygen atoms in total. The van der Waals surface area contributed by atoms with Crippen LogP contribution in [0.5, 0.6) is 0 Å². The van der Waals surface area contributed by atoms with Crippen molar-refractivity contribution in [2.24, 2.45) is 7.05 Å². The summed E-state index contributed by atoms with van der Waals surface area (Å²) in [5.41, 5.74) is 4.89. The van der Waals surface area contributed by atoms with Crippen LogP contribution in [-0.4, -0.2) is 19.6 Å². The summed E-state index contributed by atoms with van der Waals surface area (Å²) in [7, 11) is 1.75. The predicted molar refractivity (Wildman–Crippen MR) is 167 cm³/mol. The standard InChI is InChI=1S/C34H21ClF3N3O2S/c1-40-14-13-26(30(40)18-39)31-27-17-23(36)8-12-29(27)41(44-24-9-5-19(6-10-24)33(37)38)32(31)21-4-2-3-20(15-21)25-11-7-22(34(42)43)16-28(25)35/h2-17,33H,1H3,(H,42,43). The second-order valence-corrected chi connectivity index (χ2v) is 11.4. The smallest absolute Gasteiger partial charge is 0.335 e. The van der Waals surface area contributed by atoms with Gasteiger partial charge in [0.15, 0.2) is 0 Å². The number of halogens is 4. The third kappa shape index (κ3) is 5.23. The Morgan fingerprint density at radius 1 is 0.955 bits per heavy atom. The molecule has 4 aromatic carbocycles. The number of aromatic carboxylic acids is 1. The van der Waals surface area contributed by atoms with Gasteiger partial charge in [0.25, 0.3) is 6.43 Å². The van der Waals surface area contributed by atoms with Gasteiger partial charge < -0.3 is 9.67 Å². The molecule has 2 heterocycles. The Labute approximate surface area is 259 Å². The van der Waals surface area contributed by atoms with Crippen LogP contribution in [0.25, 0.3) is 44.4 Å². The number of aromatic nitrogens is 2. The Morgan fingerprint density at radius 3 is 2.39 bits per heavy atom. The number of hydrogen-bond donors (Lipinski definition) is 1. The minimum absolute atomic E-state index is 0.0571. The van der Waals surface area contributed by atoms with E-state index in [0.29, 0.717) is 55.0 Å². The van der Waals surface area contributed by atoms with Gasteiger partial charge in [0.1, 0.15) is 17.6 Å². The molecule has 44 heavy (non-hydrogen) atoms. The van der Waals surface area contributed by atoms with E-state index in [2.05, 4.69) is 6.07 Å². The fourth-order valence-electron chi connectivity index (χ4n) is 5.23. The third-order valence-electron chi connectivity index (χ3n) is 7.33. The van der Waals surface area contributed by atoms with E-state index in [1.165, 1.54) is 48.3 Å². The van der Waals surface area contributed by atoms with Crippen molar-refractivity contribution in [2.75, 3.05) is 0 Å². The zero-order chi connectivity index (χ0) is 31.1. The number of hydrogen-bond acceptors (Lipinski definition) is 3.